The van der Waals surface area contributed by atoms with E-state index >= 15 is 0 Å². The van der Waals surface area contributed by atoms with Gasteiger partial charge in [0, 0.05) is 21.8 Å². The van der Waals surface area contributed by atoms with Gasteiger partial charge in [0.25, 0.3) is 10.0 Å². The molecular formula is C21H15Cl2N3O2S. The highest BCUT2D eigenvalue weighted by molar-refractivity contribution is 7.92. The molecule has 8 heteroatoms. The zero-order valence-electron chi connectivity index (χ0n) is 15.0. The average molecular weight is 444 g/mol. The number of halogens is 2. The summed E-state index contributed by atoms with van der Waals surface area (Å²) in [6, 6.07) is 22.4. The van der Waals surface area contributed by atoms with Gasteiger partial charge in [-0.15, -0.1) is 5.10 Å². The van der Waals surface area contributed by atoms with Gasteiger partial charge in [-0.3, -0.25) is 4.72 Å². The van der Waals surface area contributed by atoms with Crippen LogP contribution in [0.5, 0.6) is 0 Å². The molecule has 0 atom stereocenters. The molecule has 146 valence electrons. The third-order valence-electron chi connectivity index (χ3n) is 4.21. The molecule has 1 aromatic heterocycles. The van der Waals surface area contributed by atoms with Gasteiger partial charge in [-0.25, -0.2) is 13.1 Å². The summed E-state index contributed by atoms with van der Waals surface area (Å²) in [7, 11) is -3.82. The van der Waals surface area contributed by atoms with Crippen LogP contribution in [0.25, 0.3) is 16.8 Å². The summed E-state index contributed by atoms with van der Waals surface area (Å²) >= 11 is 12.2. The number of hydrogen-bond acceptors (Lipinski definition) is 3. The minimum Gasteiger partial charge on any atom is -0.261 e. The van der Waals surface area contributed by atoms with Crippen molar-refractivity contribution in [2.75, 3.05) is 4.72 Å². The standard InChI is InChI=1S/C21H15Cl2N3O2S/c22-16-7-4-6-15(12-16)20-14-26(18-9-5-8-17(23)13-18)24-21(20)25-29(27,28)19-10-2-1-3-11-19/h1-14H,(H,24,25). The van der Waals surface area contributed by atoms with Crippen molar-refractivity contribution in [1.29, 1.82) is 0 Å². The molecule has 5 nitrogen and oxygen atoms in total. The Hall–Kier alpha value is -2.80. The molecule has 0 aliphatic carbocycles. The van der Waals surface area contributed by atoms with Gasteiger partial charge >= 0.3 is 0 Å². The molecule has 0 radical (unpaired) electrons. The predicted octanol–water partition coefficient (Wildman–Crippen LogP) is 5.65. The van der Waals surface area contributed by atoms with Gasteiger partial charge in [-0.2, -0.15) is 0 Å². The average Bonchev–Trinajstić information content (AvgIpc) is 3.12. The highest BCUT2D eigenvalue weighted by atomic mass is 35.5. The van der Waals surface area contributed by atoms with Crippen molar-refractivity contribution in [1.82, 2.24) is 9.78 Å². The SMILES string of the molecule is O=S(=O)(Nc1nn(-c2cccc(Cl)c2)cc1-c1cccc(Cl)c1)c1ccccc1. The Kier molecular flexibility index (Phi) is 5.32. The minimum atomic E-state index is -3.82. The lowest BCUT2D eigenvalue weighted by Crippen LogP contribution is -2.14. The first kappa shape index (κ1) is 19.5. The first-order valence-electron chi connectivity index (χ1n) is 8.62. The third kappa shape index (κ3) is 4.29. The number of sulfonamides is 1. The summed E-state index contributed by atoms with van der Waals surface area (Å²) in [4.78, 5) is 0.148. The highest BCUT2D eigenvalue weighted by Gasteiger charge is 2.20. The number of anilines is 1. The molecular weight excluding hydrogens is 429 g/mol. The van der Waals surface area contributed by atoms with E-state index in [0.717, 1.165) is 5.56 Å². The number of nitrogens with zero attached hydrogens (tertiary/aromatic N) is 2. The van der Waals surface area contributed by atoms with E-state index in [1.54, 1.807) is 65.5 Å². The van der Waals surface area contributed by atoms with Crippen LogP contribution in [0, 0.1) is 0 Å². The van der Waals surface area contributed by atoms with E-state index in [4.69, 9.17) is 23.2 Å². The van der Waals surface area contributed by atoms with E-state index in [0.29, 0.717) is 21.3 Å². The topological polar surface area (TPSA) is 64.0 Å². The second kappa shape index (κ2) is 7.91. The van der Waals surface area contributed by atoms with Crippen molar-refractivity contribution < 1.29 is 8.42 Å². The van der Waals surface area contributed by atoms with Gasteiger partial charge < -0.3 is 0 Å². The maximum atomic E-state index is 12.8. The molecule has 0 aliphatic rings. The highest BCUT2D eigenvalue weighted by Crippen LogP contribution is 2.31. The lowest BCUT2D eigenvalue weighted by molar-refractivity contribution is 0.601. The summed E-state index contributed by atoms with van der Waals surface area (Å²) in [5, 5.41) is 5.55. The summed E-state index contributed by atoms with van der Waals surface area (Å²) < 4.78 is 29.9. The van der Waals surface area contributed by atoms with E-state index in [-0.39, 0.29) is 10.7 Å². The van der Waals surface area contributed by atoms with E-state index in [9.17, 15) is 8.42 Å². The van der Waals surface area contributed by atoms with Crippen molar-refractivity contribution in [2.24, 2.45) is 0 Å². The van der Waals surface area contributed by atoms with E-state index < -0.39 is 10.0 Å². The van der Waals surface area contributed by atoms with Crippen LogP contribution >= 0.6 is 23.2 Å². The predicted molar refractivity (Wildman–Crippen MR) is 116 cm³/mol. The normalized spacial score (nSPS) is 11.4. The van der Waals surface area contributed by atoms with Crippen LogP contribution in [0.15, 0.2) is 90.0 Å². The first-order valence-corrected chi connectivity index (χ1v) is 10.9. The molecule has 0 amide bonds. The fourth-order valence-corrected chi connectivity index (χ4v) is 4.27. The molecule has 0 fully saturated rings. The van der Waals surface area contributed by atoms with Crippen molar-refractivity contribution in [3.05, 3.63) is 95.1 Å². The van der Waals surface area contributed by atoms with Crippen molar-refractivity contribution in [2.45, 2.75) is 4.90 Å². The number of rotatable bonds is 5. The van der Waals surface area contributed by atoms with Crippen molar-refractivity contribution >= 4 is 39.0 Å². The molecule has 0 saturated heterocycles. The molecule has 0 saturated carbocycles. The van der Waals surface area contributed by atoms with Crippen LogP contribution in [0.4, 0.5) is 5.82 Å². The van der Waals surface area contributed by atoms with E-state index in [1.807, 2.05) is 12.1 Å². The van der Waals surface area contributed by atoms with Crippen LogP contribution < -0.4 is 4.72 Å². The Labute approximate surface area is 178 Å². The summed E-state index contributed by atoms with van der Waals surface area (Å²) in [5.74, 6) is 0.191. The Bertz CT molecular complexity index is 1270. The fraction of sp³-hybridized carbons (Fsp3) is 0. The van der Waals surface area contributed by atoms with Gasteiger partial charge in [0.15, 0.2) is 5.82 Å². The summed E-state index contributed by atoms with van der Waals surface area (Å²) in [5.41, 5.74) is 2.02. The molecule has 1 heterocycles. The van der Waals surface area contributed by atoms with E-state index in [2.05, 4.69) is 9.82 Å². The number of aromatic nitrogens is 2. The van der Waals surface area contributed by atoms with Gasteiger partial charge in [-0.1, -0.05) is 59.6 Å². The van der Waals surface area contributed by atoms with Crippen LogP contribution in [0.1, 0.15) is 0 Å². The van der Waals surface area contributed by atoms with Gasteiger partial charge in [0.2, 0.25) is 0 Å². The minimum absolute atomic E-state index is 0.148. The lowest BCUT2D eigenvalue weighted by atomic mass is 10.1. The largest absolute Gasteiger partial charge is 0.263 e. The van der Waals surface area contributed by atoms with Crippen molar-refractivity contribution in [3.63, 3.8) is 0 Å². The van der Waals surface area contributed by atoms with Gasteiger partial charge in [-0.05, 0) is 48.0 Å². The molecule has 0 aliphatic heterocycles. The zero-order chi connectivity index (χ0) is 20.4. The van der Waals surface area contributed by atoms with Crippen LogP contribution in [0.3, 0.4) is 0 Å². The maximum absolute atomic E-state index is 12.8. The third-order valence-corrected chi connectivity index (χ3v) is 6.03. The molecule has 0 bridgehead atoms. The molecule has 3 aromatic carbocycles. The number of hydrogen-bond donors (Lipinski definition) is 1. The smallest absolute Gasteiger partial charge is 0.261 e. The Morgan fingerprint density at radius 1 is 0.828 bits per heavy atom. The second-order valence-corrected chi connectivity index (χ2v) is 8.80. The van der Waals surface area contributed by atoms with Gasteiger partial charge in [0.1, 0.15) is 0 Å². The Morgan fingerprint density at radius 2 is 1.52 bits per heavy atom. The number of benzene rings is 3. The summed E-state index contributed by atoms with van der Waals surface area (Å²) in [6.07, 6.45) is 1.74. The molecule has 0 spiro atoms. The molecule has 0 unspecified atom stereocenters. The maximum Gasteiger partial charge on any atom is 0.263 e. The quantitative estimate of drug-likeness (QED) is 0.433. The Balaban J connectivity index is 1.83. The second-order valence-electron chi connectivity index (χ2n) is 6.24. The van der Waals surface area contributed by atoms with Gasteiger partial charge in [0.05, 0.1) is 10.6 Å². The van der Waals surface area contributed by atoms with Crippen molar-refractivity contribution in [3.8, 4) is 16.8 Å². The lowest BCUT2D eigenvalue weighted by Gasteiger charge is -2.08. The monoisotopic (exact) mass is 443 g/mol. The van der Waals surface area contributed by atoms with Crippen LogP contribution in [-0.2, 0) is 10.0 Å². The Morgan fingerprint density at radius 3 is 2.21 bits per heavy atom. The van der Waals surface area contributed by atoms with Crippen LogP contribution in [-0.4, -0.2) is 18.2 Å². The van der Waals surface area contributed by atoms with Crippen LogP contribution in [0.2, 0.25) is 10.0 Å². The fourth-order valence-electron chi connectivity index (χ4n) is 2.85. The first-order chi connectivity index (χ1) is 13.9. The molecule has 29 heavy (non-hydrogen) atoms. The number of nitrogens with one attached hydrogen (secondary N) is 1. The molecule has 1 N–H and O–H groups in total. The molecule has 4 rings (SSSR count). The van der Waals surface area contributed by atoms with E-state index in [1.165, 1.54) is 12.1 Å². The zero-order valence-corrected chi connectivity index (χ0v) is 17.3. The molecule has 4 aromatic rings. The summed E-state index contributed by atoms with van der Waals surface area (Å²) in [6.45, 7) is 0.